The van der Waals surface area contributed by atoms with Crippen molar-refractivity contribution in [1.29, 1.82) is 0 Å². The Hall–Kier alpha value is -2.00. The first-order valence-electron chi connectivity index (χ1n) is 12.7. The molecule has 1 fully saturated rings. The molecule has 0 aromatic carbocycles. The molecule has 2 rings (SSSR count). The highest BCUT2D eigenvalue weighted by Gasteiger charge is 2.38. The van der Waals surface area contributed by atoms with E-state index in [1.807, 2.05) is 0 Å². The Balaban J connectivity index is 1.68. The fourth-order valence-electron chi connectivity index (χ4n) is 4.22. The summed E-state index contributed by atoms with van der Waals surface area (Å²) >= 11 is 0. The summed E-state index contributed by atoms with van der Waals surface area (Å²) in [6, 6.07) is 0. The van der Waals surface area contributed by atoms with Crippen molar-refractivity contribution in [3.05, 3.63) is 32.6 Å². The minimum absolute atomic E-state index is 0.0695. The van der Waals surface area contributed by atoms with Crippen LogP contribution in [0.15, 0.2) is 15.8 Å². The highest BCUT2D eigenvalue weighted by Crippen LogP contribution is 2.30. The number of hydrogen-bond donors (Lipinski definition) is 1. The van der Waals surface area contributed by atoms with Crippen molar-refractivity contribution in [2.75, 3.05) is 13.7 Å². The van der Waals surface area contributed by atoms with Crippen molar-refractivity contribution in [3.8, 4) is 0 Å². The normalized spacial score (nSPS) is 21.0. The predicted molar refractivity (Wildman–Crippen MR) is 128 cm³/mol. The molecule has 2 heterocycles. The maximum atomic E-state index is 14.5. The lowest BCUT2D eigenvalue weighted by molar-refractivity contribution is -0.161. The molecule has 1 aromatic heterocycles. The molecule has 194 valence electrons. The first-order valence-corrected chi connectivity index (χ1v) is 12.7. The highest BCUT2D eigenvalue weighted by molar-refractivity contribution is 5.74. The Morgan fingerprint density at radius 2 is 1.76 bits per heavy atom. The van der Waals surface area contributed by atoms with E-state index in [4.69, 9.17) is 14.2 Å². The number of esters is 1. The molecule has 1 aliphatic heterocycles. The third kappa shape index (κ3) is 8.98. The van der Waals surface area contributed by atoms with Crippen LogP contribution in [-0.4, -0.2) is 47.6 Å². The molecular weight excluding hydrogens is 443 g/mol. The van der Waals surface area contributed by atoms with Gasteiger partial charge in [-0.1, -0.05) is 71.1 Å². The van der Waals surface area contributed by atoms with Crippen LogP contribution in [0.4, 0.5) is 4.39 Å². The first-order chi connectivity index (χ1) is 16.4. The van der Waals surface area contributed by atoms with Gasteiger partial charge in [-0.3, -0.25) is 14.3 Å². The molecule has 0 bridgehead atoms. The monoisotopic (exact) mass is 484 g/mol. The molecule has 9 heteroatoms. The average Bonchev–Trinajstić information content (AvgIpc) is 3.18. The quantitative estimate of drug-likeness (QED) is 0.277. The van der Waals surface area contributed by atoms with E-state index in [1.54, 1.807) is 6.92 Å². The molecule has 0 saturated carbocycles. The molecular formula is C25H41FN2O6. The topological polar surface area (TPSA) is 99.6 Å². The number of nitrogens with one attached hydrogen (secondary N) is 1. The van der Waals surface area contributed by atoms with Crippen molar-refractivity contribution in [3.63, 3.8) is 0 Å². The van der Waals surface area contributed by atoms with Gasteiger partial charge in [0.1, 0.15) is 25.1 Å². The smallest absolute Gasteiger partial charge is 0.335 e. The van der Waals surface area contributed by atoms with Gasteiger partial charge in [-0.05, 0) is 13.3 Å². The number of halogens is 1. The maximum Gasteiger partial charge on any atom is 0.335 e. The molecule has 1 unspecified atom stereocenters. The Kier molecular flexibility index (Phi) is 12.5. The van der Waals surface area contributed by atoms with Crippen molar-refractivity contribution in [1.82, 2.24) is 9.55 Å². The van der Waals surface area contributed by atoms with Gasteiger partial charge < -0.3 is 14.2 Å². The van der Waals surface area contributed by atoms with Crippen LogP contribution in [-0.2, 0) is 19.0 Å². The van der Waals surface area contributed by atoms with Crippen LogP contribution in [0.3, 0.4) is 0 Å². The largest absolute Gasteiger partial charge is 0.461 e. The zero-order chi connectivity index (χ0) is 24.9. The number of hydrogen-bond acceptors (Lipinski definition) is 6. The van der Waals surface area contributed by atoms with Gasteiger partial charge in [-0.25, -0.2) is 14.0 Å². The number of nitrogens with zero attached hydrogens (tertiary/aromatic N) is 1. The van der Waals surface area contributed by atoms with Gasteiger partial charge in [-0.15, -0.1) is 0 Å². The molecule has 1 aliphatic rings. The maximum absolute atomic E-state index is 14.5. The van der Waals surface area contributed by atoms with Gasteiger partial charge in [0, 0.05) is 25.3 Å². The summed E-state index contributed by atoms with van der Waals surface area (Å²) < 4.78 is 31.8. The Bertz CT molecular complexity index is 855. The first kappa shape index (κ1) is 28.2. The lowest BCUT2D eigenvalue weighted by atomic mass is 10.0. The number of alkyl halides is 1. The fraction of sp³-hybridized carbons (Fsp3) is 0.800. The van der Waals surface area contributed by atoms with Gasteiger partial charge in [0.25, 0.3) is 5.56 Å². The summed E-state index contributed by atoms with van der Waals surface area (Å²) in [5.74, 6) is -0.533. The second-order valence-corrected chi connectivity index (χ2v) is 9.18. The van der Waals surface area contributed by atoms with Crippen molar-refractivity contribution in [2.24, 2.45) is 0 Å². The summed E-state index contributed by atoms with van der Waals surface area (Å²) in [5, 5.41) is 0. The molecule has 0 amide bonds. The van der Waals surface area contributed by atoms with Gasteiger partial charge in [0.2, 0.25) is 0 Å². The molecule has 1 aromatic rings. The summed E-state index contributed by atoms with van der Waals surface area (Å²) in [6.45, 7) is 3.51. The molecule has 0 spiro atoms. The average molecular weight is 485 g/mol. The number of rotatable bonds is 16. The van der Waals surface area contributed by atoms with Gasteiger partial charge >= 0.3 is 11.7 Å². The van der Waals surface area contributed by atoms with Crippen LogP contribution in [0.2, 0.25) is 0 Å². The van der Waals surface area contributed by atoms with Crippen LogP contribution < -0.4 is 11.2 Å². The molecule has 34 heavy (non-hydrogen) atoms. The van der Waals surface area contributed by atoms with E-state index >= 15 is 0 Å². The van der Waals surface area contributed by atoms with Crippen LogP contribution in [0, 0.1) is 6.92 Å². The van der Waals surface area contributed by atoms with Crippen LogP contribution in [0.5, 0.6) is 0 Å². The standard InChI is InChI=1S/C25H41FN2O6/c1-4-5-6-7-8-9-10-11-12-13-14-20(32-3)24(30)33-17-21-19(26)15-22(34-21)28-16-18(2)23(29)27-25(28)31/h16,19-22H,4-15,17H2,1-3H3,(H,27,29,31)/t19-,20?,21+,22+/m0/s1. The summed E-state index contributed by atoms with van der Waals surface area (Å²) in [4.78, 5) is 38.1. The van der Waals surface area contributed by atoms with E-state index in [9.17, 15) is 18.8 Å². The molecule has 1 saturated heterocycles. The van der Waals surface area contributed by atoms with E-state index < -0.39 is 41.8 Å². The lowest BCUT2D eigenvalue weighted by Gasteiger charge is -2.18. The number of aromatic amines is 1. The summed E-state index contributed by atoms with van der Waals surface area (Å²) in [6.07, 6.45) is 9.95. The third-order valence-corrected chi connectivity index (χ3v) is 6.38. The number of carbonyl (C=O) groups excluding carboxylic acids is 1. The molecule has 1 N–H and O–H groups in total. The van der Waals surface area contributed by atoms with E-state index in [0.717, 1.165) is 23.8 Å². The predicted octanol–water partition coefficient (Wildman–Crippen LogP) is 4.34. The van der Waals surface area contributed by atoms with Crippen molar-refractivity contribution >= 4 is 5.97 Å². The highest BCUT2D eigenvalue weighted by atomic mass is 19.1. The zero-order valence-electron chi connectivity index (χ0n) is 20.9. The number of methoxy groups -OCH3 is 1. The lowest BCUT2D eigenvalue weighted by Crippen LogP contribution is -2.34. The van der Waals surface area contributed by atoms with Gasteiger partial charge in [0.05, 0.1) is 0 Å². The fourth-order valence-corrected chi connectivity index (χ4v) is 4.22. The second-order valence-electron chi connectivity index (χ2n) is 9.18. The molecule has 0 aliphatic carbocycles. The van der Waals surface area contributed by atoms with Gasteiger partial charge in [-0.2, -0.15) is 0 Å². The van der Waals surface area contributed by atoms with E-state index in [0.29, 0.717) is 12.0 Å². The van der Waals surface area contributed by atoms with Gasteiger partial charge in [0.15, 0.2) is 6.10 Å². The van der Waals surface area contributed by atoms with Crippen molar-refractivity contribution < 1.29 is 23.4 Å². The Morgan fingerprint density at radius 3 is 2.38 bits per heavy atom. The number of carbonyl (C=O) groups is 1. The number of aryl methyl sites for hydroxylation is 1. The summed E-state index contributed by atoms with van der Waals surface area (Å²) in [5.41, 5.74) is -0.834. The van der Waals surface area contributed by atoms with Crippen LogP contribution >= 0.6 is 0 Å². The number of unbranched alkanes of at least 4 members (excludes halogenated alkanes) is 9. The third-order valence-electron chi connectivity index (χ3n) is 6.38. The van der Waals surface area contributed by atoms with Crippen LogP contribution in [0.25, 0.3) is 0 Å². The van der Waals surface area contributed by atoms with Crippen molar-refractivity contribution in [2.45, 2.75) is 116 Å². The Morgan fingerprint density at radius 1 is 1.15 bits per heavy atom. The minimum atomic E-state index is -1.40. The number of aromatic nitrogens is 2. The number of H-pyrrole nitrogens is 1. The van der Waals surface area contributed by atoms with E-state index in [-0.39, 0.29) is 13.0 Å². The molecule has 0 radical (unpaired) electrons. The van der Waals surface area contributed by atoms with E-state index in [1.165, 1.54) is 58.3 Å². The van der Waals surface area contributed by atoms with Crippen LogP contribution in [0.1, 0.15) is 95.8 Å². The molecule has 4 atom stereocenters. The Labute approximate surface area is 201 Å². The SMILES string of the molecule is CCCCCCCCCCCCC(OC)C(=O)OC[C@H]1O[C@@H](n2cc(C)c(=O)[nH]c2=O)C[C@@H]1F. The zero-order valence-corrected chi connectivity index (χ0v) is 20.9. The summed E-state index contributed by atoms with van der Waals surface area (Å²) in [7, 11) is 1.47. The minimum Gasteiger partial charge on any atom is -0.461 e. The number of ether oxygens (including phenoxy) is 3. The molecule has 8 nitrogen and oxygen atoms in total. The van der Waals surface area contributed by atoms with E-state index in [2.05, 4.69) is 11.9 Å². The second kappa shape index (κ2) is 15.1.